The van der Waals surface area contributed by atoms with Gasteiger partial charge in [0.2, 0.25) is 0 Å². The summed E-state index contributed by atoms with van der Waals surface area (Å²) in [6.45, 7) is 4.54. The molecule has 1 unspecified atom stereocenters. The van der Waals surface area contributed by atoms with Crippen LogP contribution in [0.15, 0.2) is 42.1 Å². The smallest absolute Gasteiger partial charge is 0.421 e. The lowest BCUT2D eigenvalue weighted by Crippen LogP contribution is -2.36. The van der Waals surface area contributed by atoms with Gasteiger partial charge in [-0.05, 0) is 50.5 Å². The van der Waals surface area contributed by atoms with Gasteiger partial charge in [-0.25, -0.2) is 23.7 Å². The van der Waals surface area contributed by atoms with Gasteiger partial charge < -0.3 is 20.1 Å². The lowest BCUT2D eigenvalue weighted by molar-refractivity contribution is 0.00743. The molecule has 2 N–H and O–H groups in total. The second kappa shape index (κ2) is 7.82. The highest BCUT2D eigenvalue weighted by Crippen LogP contribution is 2.32. The molecule has 3 atom stereocenters. The normalized spacial score (nSPS) is 27.5. The summed E-state index contributed by atoms with van der Waals surface area (Å²) in [6, 6.07) is 3.60. The number of nitrogens with two attached hydrogens (primary N) is 1. The van der Waals surface area contributed by atoms with Gasteiger partial charge in [-0.2, -0.15) is 0 Å². The van der Waals surface area contributed by atoms with Gasteiger partial charge in [-0.15, -0.1) is 0 Å². The Kier molecular flexibility index (Phi) is 5.23. The topological polar surface area (TPSA) is 95.5 Å². The van der Waals surface area contributed by atoms with E-state index in [2.05, 4.69) is 14.9 Å². The van der Waals surface area contributed by atoms with E-state index in [0.717, 1.165) is 31.2 Å². The van der Waals surface area contributed by atoms with E-state index < -0.39 is 24.1 Å². The number of rotatable bonds is 1. The van der Waals surface area contributed by atoms with Crippen molar-refractivity contribution >= 4 is 23.1 Å². The lowest BCUT2D eigenvalue weighted by atomic mass is 9.98. The van der Waals surface area contributed by atoms with Crippen LogP contribution in [0.2, 0.25) is 0 Å². The first-order chi connectivity index (χ1) is 14.0. The van der Waals surface area contributed by atoms with Crippen molar-refractivity contribution in [3.05, 3.63) is 42.1 Å². The van der Waals surface area contributed by atoms with Gasteiger partial charge in [0.15, 0.2) is 5.65 Å². The first-order valence-electron chi connectivity index (χ1n) is 9.70. The van der Waals surface area contributed by atoms with E-state index in [9.17, 15) is 9.18 Å². The largest absolute Gasteiger partial charge is 0.443 e. The fourth-order valence-corrected chi connectivity index (χ4v) is 3.90. The first kappa shape index (κ1) is 19.4. The Balaban J connectivity index is 1.84. The van der Waals surface area contributed by atoms with Crippen LogP contribution in [0.1, 0.15) is 26.7 Å². The molecule has 0 spiro atoms. The van der Waals surface area contributed by atoms with Crippen LogP contribution in [0, 0.1) is 0 Å². The Labute approximate surface area is 167 Å². The minimum absolute atomic E-state index is 0.0929. The van der Waals surface area contributed by atoms with E-state index in [-0.39, 0.29) is 12.6 Å². The minimum Gasteiger partial charge on any atom is -0.443 e. The molecule has 1 saturated heterocycles. The van der Waals surface area contributed by atoms with Gasteiger partial charge in [0.25, 0.3) is 0 Å². The highest BCUT2D eigenvalue weighted by molar-refractivity contribution is 5.85. The average Bonchev–Trinajstić information content (AvgIpc) is 3.35. The molecule has 2 aromatic rings. The molecular weight excluding hydrogens is 377 g/mol. The predicted octanol–water partition coefficient (Wildman–Crippen LogP) is 2.89. The third-order valence-corrected chi connectivity index (χ3v) is 5.32. The van der Waals surface area contributed by atoms with Crippen LogP contribution in [0.25, 0.3) is 11.2 Å². The van der Waals surface area contributed by atoms with Crippen LogP contribution >= 0.6 is 0 Å². The summed E-state index contributed by atoms with van der Waals surface area (Å²) < 4.78 is 26.8. The number of hydrogen-bond donors (Lipinski definition) is 1. The Morgan fingerprint density at radius 2 is 2.21 bits per heavy atom. The fourth-order valence-electron chi connectivity index (χ4n) is 3.90. The second-order valence-electron chi connectivity index (χ2n) is 7.34. The third kappa shape index (κ3) is 3.69. The number of imidazole rings is 1. The molecule has 2 aliphatic heterocycles. The zero-order valence-electron chi connectivity index (χ0n) is 16.4. The van der Waals surface area contributed by atoms with Gasteiger partial charge in [0.05, 0.1) is 18.8 Å². The molecule has 0 saturated carbocycles. The Morgan fingerprint density at radius 1 is 1.38 bits per heavy atom. The number of allylic oxidation sites excluding steroid dienone is 2. The van der Waals surface area contributed by atoms with E-state index in [0.29, 0.717) is 17.0 Å². The molecule has 0 amide bonds. The number of anilines is 1. The summed E-state index contributed by atoms with van der Waals surface area (Å²) in [6.07, 6.45) is 4.10. The first-order valence-corrected chi connectivity index (χ1v) is 9.70. The molecule has 0 aromatic carbocycles. The SMILES string of the molecule is CC1OC[C@H](C)OC(=O)n2cnc3ccc(nc32)N2CCC[C@@H]2/C1=C/C(F)=C\N. The van der Waals surface area contributed by atoms with Crippen LogP contribution in [0.5, 0.6) is 0 Å². The summed E-state index contributed by atoms with van der Waals surface area (Å²) in [7, 11) is 0. The second-order valence-corrected chi connectivity index (χ2v) is 7.34. The molecule has 29 heavy (non-hydrogen) atoms. The maximum absolute atomic E-state index is 14.1. The van der Waals surface area contributed by atoms with Gasteiger partial charge in [-0.3, -0.25) is 0 Å². The molecule has 2 bridgehead atoms. The number of carbonyl (C=O) groups is 1. The summed E-state index contributed by atoms with van der Waals surface area (Å²) in [4.78, 5) is 23.6. The van der Waals surface area contributed by atoms with E-state index in [1.54, 1.807) is 6.92 Å². The molecule has 0 aliphatic carbocycles. The molecule has 2 aromatic heterocycles. The Morgan fingerprint density at radius 3 is 3.00 bits per heavy atom. The highest BCUT2D eigenvalue weighted by Gasteiger charge is 2.33. The van der Waals surface area contributed by atoms with Crippen LogP contribution in [0.4, 0.5) is 15.0 Å². The highest BCUT2D eigenvalue weighted by atomic mass is 19.1. The number of cyclic esters (lactones) is 1. The summed E-state index contributed by atoms with van der Waals surface area (Å²) in [5.41, 5.74) is 7.17. The van der Waals surface area contributed by atoms with E-state index in [1.165, 1.54) is 17.0 Å². The van der Waals surface area contributed by atoms with Crippen LogP contribution in [0.3, 0.4) is 0 Å². The molecule has 8 nitrogen and oxygen atoms in total. The molecule has 154 valence electrons. The summed E-state index contributed by atoms with van der Waals surface area (Å²) in [5, 5.41) is 0. The van der Waals surface area contributed by atoms with Crippen molar-refractivity contribution in [2.75, 3.05) is 18.1 Å². The molecular formula is C20H24FN5O3. The zero-order valence-corrected chi connectivity index (χ0v) is 16.4. The quantitative estimate of drug-likeness (QED) is 0.785. The van der Waals surface area contributed by atoms with Crippen LogP contribution < -0.4 is 10.6 Å². The zero-order chi connectivity index (χ0) is 20.5. The molecule has 0 radical (unpaired) electrons. The lowest BCUT2D eigenvalue weighted by Gasteiger charge is -2.31. The minimum atomic E-state index is -0.564. The van der Waals surface area contributed by atoms with E-state index in [4.69, 9.17) is 15.2 Å². The van der Waals surface area contributed by atoms with Crippen molar-refractivity contribution < 1.29 is 18.7 Å². The monoisotopic (exact) mass is 401 g/mol. The standard InChI is InChI=1S/C20H24FN5O3/c1-12-10-28-13(2)15(8-14(21)9-22)17-4-3-7-25(17)18-6-5-16-19(24-18)26(11-23-16)20(27)29-12/h5-6,8-9,11-13,17H,3-4,7,10,22H2,1-2H3/b14-9+,15-8+/t12-,13?,17+/m0/s1. The number of pyridine rings is 1. The summed E-state index contributed by atoms with van der Waals surface area (Å²) >= 11 is 0. The molecule has 2 aliphatic rings. The van der Waals surface area contributed by atoms with Crippen LogP contribution in [-0.2, 0) is 9.47 Å². The van der Waals surface area contributed by atoms with Crippen molar-refractivity contribution in [2.45, 2.75) is 44.9 Å². The molecule has 4 rings (SSSR count). The molecule has 1 fully saturated rings. The van der Waals surface area contributed by atoms with Crippen molar-refractivity contribution in [1.29, 1.82) is 0 Å². The van der Waals surface area contributed by atoms with Crippen molar-refractivity contribution in [3.63, 3.8) is 0 Å². The van der Waals surface area contributed by atoms with Gasteiger partial charge in [0.1, 0.15) is 29.6 Å². The van der Waals surface area contributed by atoms with Crippen molar-refractivity contribution in [1.82, 2.24) is 14.5 Å². The molecule has 9 heteroatoms. The number of carbonyl (C=O) groups excluding carboxylic acids is 1. The number of fused-ring (bicyclic) bond motifs is 3. The fraction of sp³-hybridized carbons (Fsp3) is 0.450. The Bertz CT molecular complexity index is 986. The maximum Gasteiger partial charge on any atom is 0.421 e. The summed E-state index contributed by atoms with van der Waals surface area (Å²) in [5.74, 6) is 0.171. The van der Waals surface area contributed by atoms with Crippen molar-refractivity contribution in [2.24, 2.45) is 5.73 Å². The van der Waals surface area contributed by atoms with Gasteiger partial charge in [-0.1, -0.05) is 0 Å². The van der Waals surface area contributed by atoms with E-state index >= 15 is 0 Å². The van der Waals surface area contributed by atoms with Crippen molar-refractivity contribution in [3.8, 4) is 0 Å². The van der Waals surface area contributed by atoms with E-state index in [1.807, 2.05) is 19.1 Å². The van der Waals surface area contributed by atoms with Gasteiger partial charge >= 0.3 is 6.09 Å². The number of ether oxygens (including phenoxy) is 2. The number of nitrogens with zero attached hydrogens (tertiary/aromatic N) is 4. The Hall–Kier alpha value is -2.94. The van der Waals surface area contributed by atoms with Gasteiger partial charge in [0, 0.05) is 12.7 Å². The average molecular weight is 401 g/mol. The van der Waals surface area contributed by atoms with Crippen LogP contribution in [-0.4, -0.2) is 52.0 Å². The number of halogens is 1. The maximum atomic E-state index is 14.1. The third-order valence-electron chi connectivity index (χ3n) is 5.32. The molecule has 4 heterocycles. The number of aromatic nitrogens is 3. The predicted molar refractivity (Wildman–Crippen MR) is 106 cm³/mol. The number of hydrogen-bond acceptors (Lipinski definition) is 7.